The Bertz CT molecular complexity index is 464. The van der Waals surface area contributed by atoms with Crippen LogP contribution < -0.4 is 15.2 Å². The second kappa shape index (κ2) is 6.61. The largest absolute Gasteiger partial charge is 0.486 e. The first-order valence-electron chi connectivity index (χ1n) is 7.01. The van der Waals surface area contributed by atoms with Gasteiger partial charge >= 0.3 is 0 Å². The zero-order chi connectivity index (χ0) is 14.5. The van der Waals surface area contributed by atoms with Gasteiger partial charge in [0.05, 0.1) is 12.6 Å². The zero-order valence-corrected chi connectivity index (χ0v) is 12.0. The van der Waals surface area contributed by atoms with E-state index in [9.17, 15) is 4.79 Å². The SMILES string of the molecule is CCCC(N)C(=O)N(C)CC1COc2ccccc2O1. The molecule has 0 aliphatic carbocycles. The van der Waals surface area contributed by atoms with Crippen molar-refractivity contribution in [3.63, 3.8) is 0 Å². The molecule has 2 rings (SSSR count). The number of nitrogens with two attached hydrogens (primary N) is 1. The van der Waals surface area contributed by atoms with Crippen LogP contribution in [0.4, 0.5) is 0 Å². The first-order chi connectivity index (χ1) is 9.61. The van der Waals surface area contributed by atoms with Crippen molar-refractivity contribution in [3.05, 3.63) is 24.3 Å². The van der Waals surface area contributed by atoms with Crippen LogP contribution in [0.1, 0.15) is 19.8 Å². The molecule has 0 fully saturated rings. The quantitative estimate of drug-likeness (QED) is 0.884. The maximum absolute atomic E-state index is 12.1. The first-order valence-corrected chi connectivity index (χ1v) is 7.01. The number of ether oxygens (including phenoxy) is 2. The molecule has 2 N–H and O–H groups in total. The van der Waals surface area contributed by atoms with Crippen molar-refractivity contribution < 1.29 is 14.3 Å². The number of likely N-dealkylation sites (N-methyl/N-ethyl adjacent to an activating group) is 1. The van der Waals surface area contributed by atoms with Crippen molar-refractivity contribution in [2.45, 2.75) is 31.9 Å². The summed E-state index contributed by atoms with van der Waals surface area (Å²) in [5.74, 6) is 1.43. The maximum atomic E-state index is 12.1. The van der Waals surface area contributed by atoms with Gasteiger partial charge < -0.3 is 20.1 Å². The molecule has 0 bridgehead atoms. The molecule has 0 spiro atoms. The third-order valence-corrected chi connectivity index (χ3v) is 3.34. The van der Waals surface area contributed by atoms with E-state index in [1.807, 2.05) is 31.2 Å². The molecule has 5 nitrogen and oxygen atoms in total. The average molecular weight is 278 g/mol. The van der Waals surface area contributed by atoms with Gasteiger partial charge in [0.25, 0.3) is 0 Å². The lowest BCUT2D eigenvalue weighted by atomic mass is 10.1. The molecule has 2 unspecified atom stereocenters. The molecule has 1 aromatic carbocycles. The van der Waals surface area contributed by atoms with Gasteiger partial charge in [-0.1, -0.05) is 25.5 Å². The molecule has 20 heavy (non-hydrogen) atoms. The number of nitrogens with zero attached hydrogens (tertiary/aromatic N) is 1. The third-order valence-electron chi connectivity index (χ3n) is 3.34. The third kappa shape index (κ3) is 3.42. The maximum Gasteiger partial charge on any atom is 0.239 e. The summed E-state index contributed by atoms with van der Waals surface area (Å²) in [6.45, 7) is 2.93. The number of hydrogen-bond acceptors (Lipinski definition) is 4. The molecule has 1 amide bonds. The summed E-state index contributed by atoms with van der Waals surface area (Å²) >= 11 is 0. The van der Waals surface area contributed by atoms with E-state index in [0.717, 1.165) is 17.9 Å². The normalized spacial score (nSPS) is 18.4. The summed E-state index contributed by atoms with van der Waals surface area (Å²) in [5, 5.41) is 0. The van der Waals surface area contributed by atoms with E-state index in [4.69, 9.17) is 15.2 Å². The van der Waals surface area contributed by atoms with E-state index in [0.29, 0.717) is 19.6 Å². The molecule has 0 saturated carbocycles. The molecule has 1 aliphatic rings. The Morgan fingerprint density at radius 3 is 2.85 bits per heavy atom. The van der Waals surface area contributed by atoms with E-state index in [-0.39, 0.29) is 12.0 Å². The van der Waals surface area contributed by atoms with E-state index >= 15 is 0 Å². The minimum Gasteiger partial charge on any atom is -0.486 e. The van der Waals surface area contributed by atoms with Crippen molar-refractivity contribution in [1.29, 1.82) is 0 Å². The van der Waals surface area contributed by atoms with Gasteiger partial charge in [-0.2, -0.15) is 0 Å². The molecule has 1 aliphatic heterocycles. The fourth-order valence-corrected chi connectivity index (χ4v) is 2.27. The van der Waals surface area contributed by atoms with Crippen LogP contribution in [0.25, 0.3) is 0 Å². The molecule has 0 saturated heterocycles. The van der Waals surface area contributed by atoms with E-state index < -0.39 is 6.04 Å². The average Bonchev–Trinajstić information content (AvgIpc) is 2.46. The number of hydrogen-bond donors (Lipinski definition) is 1. The van der Waals surface area contributed by atoms with Crippen molar-refractivity contribution in [3.8, 4) is 11.5 Å². The van der Waals surface area contributed by atoms with Gasteiger partial charge in [0.15, 0.2) is 17.6 Å². The van der Waals surface area contributed by atoms with Gasteiger partial charge in [0, 0.05) is 7.05 Å². The number of para-hydroxylation sites is 2. The monoisotopic (exact) mass is 278 g/mol. The smallest absolute Gasteiger partial charge is 0.239 e. The van der Waals surface area contributed by atoms with Gasteiger partial charge in [0.1, 0.15) is 6.61 Å². The molecular formula is C15H22N2O3. The van der Waals surface area contributed by atoms with Crippen LogP contribution in [0.2, 0.25) is 0 Å². The minimum absolute atomic E-state index is 0.0469. The number of carbonyl (C=O) groups is 1. The Morgan fingerprint density at radius 2 is 2.15 bits per heavy atom. The van der Waals surface area contributed by atoms with Crippen LogP contribution in [0.15, 0.2) is 24.3 Å². The Labute approximate surface area is 119 Å². The van der Waals surface area contributed by atoms with E-state index in [1.165, 1.54) is 0 Å². The molecular weight excluding hydrogens is 256 g/mol. The highest BCUT2D eigenvalue weighted by Gasteiger charge is 2.25. The predicted octanol–water partition coefficient (Wildman–Crippen LogP) is 1.41. The Kier molecular flexibility index (Phi) is 4.84. The topological polar surface area (TPSA) is 64.8 Å². The van der Waals surface area contributed by atoms with Crippen molar-refractivity contribution in [2.75, 3.05) is 20.2 Å². The fourth-order valence-electron chi connectivity index (χ4n) is 2.27. The lowest BCUT2D eigenvalue weighted by Crippen LogP contribution is -2.47. The van der Waals surface area contributed by atoms with Gasteiger partial charge in [-0.05, 0) is 18.6 Å². The summed E-state index contributed by atoms with van der Waals surface area (Å²) in [5.41, 5.74) is 5.85. The lowest BCUT2D eigenvalue weighted by molar-refractivity contribution is -0.132. The van der Waals surface area contributed by atoms with E-state index in [1.54, 1.807) is 11.9 Å². The number of benzene rings is 1. The van der Waals surface area contributed by atoms with Gasteiger partial charge in [-0.3, -0.25) is 4.79 Å². The molecule has 110 valence electrons. The van der Waals surface area contributed by atoms with Crippen molar-refractivity contribution in [2.24, 2.45) is 5.73 Å². The summed E-state index contributed by atoms with van der Waals surface area (Å²) in [6, 6.07) is 7.12. The minimum atomic E-state index is -0.429. The Balaban J connectivity index is 1.90. The summed E-state index contributed by atoms with van der Waals surface area (Å²) in [6.07, 6.45) is 1.44. The Hall–Kier alpha value is -1.75. The van der Waals surface area contributed by atoms with Gasteiger partial charge in [0.2, 0.25) is 5.91 Å². The highest BCUT2D eigenvalue weighted by atomic mass is 16.6. The van der Waals surface area contributed by atoms with Crippen LogP contribution >= 0.6 is 0 Å². The van der Waals surface area contributed by atoms with Crippen LogP contribution in [0.3, 0.4) is 0 Å². The molecule has 1 heterocycles. The highest BCUT2D eigenvalue weighted by Crippen LogP contribution is 2.30. The van der Waals surface area contributed by atoms with Crippen LogP contribution in [-0.4, -0.2) is 43.2 Å². The second-order valence-electron chi connectivity index (χ2n) is 5.11. The van der Waals surface area contributed by atoms with Gasteiger partial charge in [-0.25, -0.2) is 0 Å². The van der Waals surface area contributed by atoms with Crippen molar-refractivity contribution in [1.82, 2.24) is 4.90 Å². The molecule has 1 aromatic rings. The number of rotatable bonds is 5. The zero-order valence-electron chi connectivity index (χ0n) is 12.0. The Morgan fingerprint density at radius 1 is 1.45 bits per heavy atom. The molecule has 2 atom stereocenters. The fraction of sp³-hybridized carbons (Fsp3) is 0.533. The van der Waals surface area contributed by atoms with Crippen LogP contribution in [0.5, 0.6) is 11.5 Å². The first kappa shape index (κ1) is 14.7. The molecule has 5 heteroatoms. The lowest BCUT2D eigenvalue weighted by Gasteiger charge is -2.30. The van der Waals surface area contributed by atoms with E-state index in [2.05, 4.69) is 0 Å². The van der Waals surface area contributed by atoms with Gasteiger partial charge in [-0.15, -0.1) is 0 Å². The molecule has 0 radical (unpaired) electrons. The number of amides is 1. The van der Waals surface area contributed by atoms with Crippen molar-refractivity contribution >= 4 is 5.91 Å². The summed E-state index contributed by atoms with van der Waals surface area (Å²) < 4.78 is 11.5. The molecule has 0 aromatic heterocycles. The summed E-state index contributed by atoms with van der Waals surface area (Å²) in [7, 11) is 1.75. The van der Waals surface area contributed by atoms with Crippen LogP contribution in [0, 0.1) is 0 Å². The number of fused-ring (bicyclic) bond motifs is 1. The second-order valence-corrected chi connectivity index (χ2v) is 5.11. The predicted molar refractivity (Wildman–Crippen MR) is 76.9 cm³/mol. The summed E-state index contributed by atoms with van der Waals surface area (Å²) in [4.78, 5) is 13.7. The highest BCUT2D eigenvalue weighted by molar-refractivity contribution is 5.81. The number of carbonyl (C=O) groups excluding carboxylic acids is 1. The van der Waals surface area contributed by atoms with Crippen LogP contribution in [-0.2, 0) is 4.79 Å². The standard InChI is InChI=1S/C15H22N2O3/c1-3-6-12(16)15(18)17(2)9-11-10-19-13-7-4-5-8-14(13)20-11/h4-5,7-8,11-12H,3,6,9-10,16H2,1-2H3.